The maximum atomic E-state index is 12.2. The van der Waals surface area contributed by atoms with Crippen LogP contribution in [0.4, 0.5) is 11.5 Å². The molecule has 0 saturated carbocycles. The maximum absolute atomic E-state index is 12.2. The molecule has 2 aromatic carbocycles. The molecule has 7 heteroatoms. The van der Waals surface area contributed by atoms with E-state index in [1.54, 1.807) is 35.9 Å². The van der Waals surface area contributed by atoms with Gasteiger partial charge in [-0.15, -0.1) is 11.3 Å². The van der Waals surface area contributed by atoms with Crippen LogP contribution in [0, 0.1) is 13.8 Å². The van der Waals surface area contributed by atoms with E-state index < -0.39 is 0 Å². The summed E-state index contributed by atoms with van der Waals surface area (Å²) in [5, 5.41) is 16.6. The van der Waals surface area contributed by atoms with Gasteiger partial charge in [-0.2, -0.15) is 0 Å². The highest BCUT2D eigenvalue weighted by atomic mass is 32.1. The van der Waals surface area contributed by atoms with E-state index in [4.69, 9.17) is 0 Å². The van der Waals surface area contributed by atoms with Gasteiger partial charge in [-0.05, 0) is 31.5 Å². The molecular formula is C23H22N4O2S. The van der Waals surface area contributed by atoms with Crippen LogP contribution in [0.15, 0.2) is 54.9 Å². The molecule has 0 saturated heterocycles. The van der Waals surface area contributed by atoms with Crippen LogP contribution in [0.2, 0.25) is 0 Å². The molecule has 0 unspecified atom stereocenters. The number of aromatic nitrogens is 2. The quantitative estimate of drug-likeness (QED) is 0.404. The van der Waals surface area contributed by atoms with E-state index in [1.807, 2.05) is 0 Å². The molecule has 1 amide bonds. The lowest BCUT2D eigenvalue weighted by Gasteiger charge is -2.10. The monoisotopic (exact) mass is 418 g/mol. The normalized spacial score (nSPS) is 10.9. The summed E-state index contributed by atoms with van der Waals surface area (Å²) in [6, 6.07) is 14.9. The molecule has 0 atom stereocenters. The molecule has 0 bridgehead atoms. The summed E-state index contributed by atoms with van der Waals surface area (Å²) >= 11 is 1.64. The Morgan fingerprint density at radius 3 is 2.67 bits per heavy atom. The van der Waals surface area contributed by atoms with Crippen LogP contribution in [-0.4, -0.2) is 27.5 Å². The minimum Gasteiger partial charge on any atom is -0.508 e. The summed E-state index contributed by atoms with van der Waals surface area (Å²) in [6.07, 6.45) is 1.82. The molecule has 6 nitrogen and oxygen atoms in total. The molecule has 0 aliphatic rings. The fraction of sp³-hybridized carbons (Fsp3) is 0.174. The second kappa shape index (κ2) is 8.51. The first kappa shape index (κ1) is 19.8. The number of anilines is 2. The number of thiophene rings is 1. The first-order valence-electron chi connectivity index (χ1n) is 9.65. The van der Waals surface area contributed by atoms with Crippen LogP contribution in [0.25, 0.3) is 21.3 Å². The van der Waals surface area contributed by atoms with Crippen LogP contribution < -0.4 is 10.6 Å². The number of fused-ring (bicyclic) bond motifs is 1. The zero-order chi connectivity index (χ0) is 21.1. The van der Waals surface area contributed by atoms with E-state index in [9.17, 15) is 9.90 Å². The van der Waals surface area contributed by atoms with Crippen LogP contribution >= 0.6 is 11.3 Å². The molecular weight excluding hydrogens is 396 g/mol. The maximum Gasteiger partial charge on any atom is 0.226 e. The number of rotatable bonds is 6. The smallest absolute Gasteiger partial charge is 0.226 e. The zero-order valence-electron chi connectivity index (χ0n) is 16.8. The highest BCUT2D eigenvalue weighted by Gasteiger charge is 2.16. The topological polar surface area (TPSA) is 87.1 Å². The van der Waals surface area contributed by atoms with Gasteiger partial charge in [-0.1, -0.05) is 35.9 Å². The number of nitrogens with one attached hydrogen (secondary N) is 2. The van der Waals surface area contributed by atoms with Crippen molar-refractivity contribution in [3.8, 4) is 16.9 Å². The number of hydrogen-bond acceptors (Lipinski definition) is 6. The summed E-state index contributed by atoms with van der Waals surface area (Å²) in [5.74, 6) is 0.703. The summed E-state index contributed by atoms with van der Waals surface area (Å²) in [7, 11) is 0. The van der Waals surface area contributed by atoms with Gasteiger partial charge in [-0.25, -0.2) is 9.97 Å². The Kier molecular flexibility index (Phi) is 5.63. The molecule has 0 radical (unpaired) electrons. The molecule has 3 N–H and O–H groups in total. The Labute approximate surface area is 178 Å². The van der Waals surface area contributed by atoms with Crippen molar-refractivity contribution in [2.24, 2.45) is 0 Å². The van der Waals surface area contributed by atoms with Gasteiger partial charge < -0.3 is 15.7 Å². The van der Waals surface area contributed by atoms with Gasteiger partial charge in [0, 0.05) is 35.2 Å². The van der Waals surface area contributed by atoms with Crippen molar-refractivity contribution >= 4 is 39.0 Å². The van der Waals surface area contributed by atoms with E-state index in [2.05, 4.69) is 58.7 Å². The first-order chi connectivity index (χ1) is 14.5. The van der Waals surface area contributed by atoms with Crippen molar-refractivity contribution < 1.29 is 9.90 Å². The Morgan fingerprint density at radius 2 is 1.90 bits per heavy atom. The second-order valence-corrected chi connectivity index (χ2v) is 8.28. The molecule has 2 aromatic heterocycles. The molecule has 0 spiro atoms. The predicted molar refractivity (Wildman–Crippen MR) is 122 cm³/mol. The fourth-order valence-electron chi connectivity index (χ4n) is 3.35. The minimum atomic E-state index is -0.140. The average Bonchev–Trinajstić information content (AvgIpc) is 3.05. The molecule has 0 fully saturated rings. The molecule has 0 aliphatic carbocycles. The van der Waals surface area contributed by atoms with E-state index >= 15 is 0 Å². The van der Waals surface area contributed by atoms with Gasteiger partial charge in [0.25, 0.3) is 0 Å². The SMILES string of the molecule is Cc1ccc(-c2c(C)sc3ncnc(NCCC(=O)Nc4cccc(O)c4)c23)cc1. The number of carbonyl (C=O) groups is 1. The number of carbonyl (C=O) groups excluding carboxylic acids is 1. The summed E-state index contributed by atoms with van der Waals surface area (Å²) < 4.78 is 0. The van der Waals surface area contributed by atoms with Crippen LogP contribution in [0.1, 0.15) is 16.9 Å². The molecule has 30 heavy (non-hydrogen) atoms. The predicted octanol–water partition coefficient (Wildman–Crippen LogP) is 5.12. The third-order valence-corrected chi connectivity index (χ3v) is 5.79. The highest BCUT2D eigenvalue weighted by molar-refractivity contribution is 7.19. The molecule has 2 heterocycles. The van der Waals surface area contributed by atoms with Crippen molar-refractivity contribution in [1.29, 1.82) is 0 Å². The number of aryl methyl sites for hydroxylation is 2. The summed E-state index contributed by atoms with van der Waals surface area (Å²) in [6.45, 7) is 4.59. The van der Waals surface area contributed by atoms with Crippen molar-refractivity contribution in [1.82, 2.24) is 9.97 Å². The third kappa shape index (κ3) is 4.26. The van der Waals surface area contributed by atoms with E-state index in [0.29, 0.717) is 12.2 Å². The van der Waals surface area contributed by atoms with E-state index in [0.717, 1.165) is 27.2 Å². The summed E-state index contributed by atoms with van der Waals surface area (Å²) in [4.78, 5) is 23.2. The summed E-state index contributed by atoms with van der Waals surface area (Å²) in [5.41, 5.74) is 4.04. The largest absolute Gasteiger partial charge is 0.508 e. The number of phenols is 1. The first-order valence-corrected chi connectivity index (χ1v) is 10.5. The zero-order valence-corrected chi connectivity index (χ0v) is 17.6. The molecule has 152 valence electrons. The van der Waals surface area contributed by atoms with Crippen LogP contribution in [-0.2, 0) is 4.79 Å². The Morgan fingerprint density at radius 1 is 1.10 bits per heavy atom. The van der Waals surface area contributed by atoms with E-state index in [-0.39, 0.29) is 18.1 Å². The number of aromatic hydroxyl groups is 1. The molecule has 4 aromatic rings. The van der Waals surface area contributed by atoms with Gasteiger partial charge in [0.15, 0.2) is 0 Å². The van der Waals surface area contributed by atoms with Gasteiger partial charge in [0.05, 0.1) is 5.39 Å². The lowest BCUT2D eigenvalue weighted by atomic mass is 10.0. The van der Waals surface area contributed by atoms with Gasteiger partial charge in [0.2, 0.25) is 5.91 Å². The van der Waals surface area contributed by atoms with Crippen molar-refractivity contribution in [2.75, 3.05) is 17.2 Å². The number of phenolic OH excluding ortho intramolecular Hbond substituents is 1. The standard InChI is InChI=1S/C23H22N4O2S/c1-14-6-8-16(9-7-14)20-15(2)30-23-21(20)22(25-13-26-23)24-11-10-19(29)27-17-4-3-5-18(28)12-17/h3-9,12-13,28H,10-11H2,1-2H3,(H,27,29)(H,24,25,26). The van der Waals surface area contributed by atoms with Crippen molar-refractivity contribution in [3.63, 3.8) is 0 Å². The van der Waals surface area contributed by atoms with Crippen LogP contribution in [0.3, 0.4) is 0 Å². The Balaban J connectivity index is 1.52. The lowest BCUT2D eigenvalue weighted by molar-refractivity contribution is -0.115. The lowest BCUT2D eigenvalue weighted by Crippen LogP contribution is -2.16. The van der Waals surface area contributed by atoms with Crippen molar-refractivity contribution in [2.45, 2.75) is 20.3 Å². The highest BCUT2D eigenvalue weighted by Crippen LogP contribution is 2.40. The Bertz CT molecular complexity index is 1200. The fourth-order valence-corrected chi connectivity index (χ4v) is 4.36. The van der Waals surface area contributed by atoms with Gasteiger partial charge in [0.1, 0.15) is 22.7 Å². The number of nitrogens with zero attached hydrogens (tertiary/aromatic N) is 2. The number of amides is 1. The average molecular weight is 419 g/mol. The molecule has 4 rings (SSSR count). The number of hydrogen-bond donors (Lipinski definition) is 3. The Hall–Kier alpha value is -3.45. The second-order valence-electron chi connectivity index (χ2n) is 7.08. The number of benzene rings is 2. The molecule has 0 aliphatic heterocycles. The van der Waals surface area contributed by atoms with Gasteiger partial charge in [-0.3, -0.25) is 4.79 Å². The van der Waals surface area contributed by atoms with Crippen LogP contribution in [0.5, 0.6) is 5.75 Å². The minimum absolute atomic E-state index is 0.116. The van der Waals surface area contributed by atoms with Crippen molar-refractivity contribution in [3.05, 3.63) is 65.3 Å². The third-order valence-electron chi connectivity index (χ3n) is 4.78. The van der Waals surface area contributed by atoms with E-state index in [1.165, 1.54) is 16.5 Å². The van der Waals surface area contributed by atoms with Gasteiger partial charge >= 0.3 is 0 Å².